The minimum absolute atomic E-state index is 0.0520. The van der Waals surface area contributed by atoms with E-state index in [-0.39, 0.29) is 11.9 Å². The standard InChI is InChI=1S/C13H20N2O3S/c1-4-19-11-7-5-6-10(12(11)13(14)15-16)18-9(2)8-17-3/h5-7,9,16H,4,8H2,1-3H3,(H2,14,15). The zero-order valence-electron chi connectivity index (χ0n) is 11.4. The maximum Gasteiger partial charge on any atom is 0.174 e. The molecule has 0 saturated heterocycles. The molecule has 0 saturated carbocycles. The van der Waals surface area contributed by atoms with Crippen molar-refractivity contribution in [3.8, 4) is 5.75 Å². The predicted octanol–water partition coefficient (Wildman–Crippen LogP) is 2.31. The summed E-state index contributed by atoms with van der Waals surface area (Å²) >= 11 is 1.62. The maximum absolute atomic E-state index is 8.92. The van der Waals surface area contributed by atoms with E-state index in [1.807, 2.05) is 26.0 Å². The van der Waals surface area contributed by atoms with Crippen LogP contribution in [0.15, 0.2) is 28.3 Å². The van der Waals surface area contributed by atoms with Gasteiger partial charge in [-0.15, -0.1) is 11.8 Å². The average molecular weight is 284 g/mol. The lowest BCUT2D eigenvalue weighted by Crippen LogP contribution is -2.22. The minimum Gasteiger partial charge on any atom is -0.488 e. The summed E-state index contributed by atoms with van der Waals surface area (Å²) in [5, 5.41) is 12.0. The summed E-state index contributed by atoms with van der Waals surface area (Å²) in [5.74, 6) is 1.54. The van der Waals surface area contributed by atoms with Gasteiger partial charge in [0.15, 0.2) is 5.84 Å². The van der Waals surface area contributed by atoms with Crippen molar-refractivity contribution in [3.63, 3.8) is 0 Å². The number of nitrogens with two attached hydrogens (primary N) is 1. The molecule has 0 bridgehead atoms. The smallest absolute Gasteiger partial charge is 0.174 e. The van der Waals surface area contributed by atoms with Crippen molar-refractivity contribution in [2.45, 2.75) is 24.8 Å². The van der Waals surface area contributed by atoms with Crippen LogP contribution in [0.4, 0.5) is 0 Å². The number of nitrogens with zero attached hydrogens (tertiary/aromatic N) is 1. The first-order valence-corrected chi connectivity index (χ1v) is 7.01. The van der Waals surface area contributed by atoms with Gasteiger partial charge in [-0.3, -0.25) is 0 Å². The van der Waals surface area contributed by atoms with Crippen molar-refractivity contribution in [2.24, 2.45) is 10.9 Å². The number of thioether (sulfide) groups is 1. The van der Waals surface area contributed by atoms with E-state index in [0.717, 1.165) is 10.6 Å². The lowest BCUT2D eigenvalue weighted by molar-refractivity contribution is 0.0918. The van der Waals surface area contributed by atoms with Crippen LogP contribution in [0.2, 0.25) is 0 Å². The lowest BCUT2D eigenvalue weighted by atomic mass is 10.2. The van der Waals surface area contributed by atoms with Crippen LogP contribution in [0.3, 0.4) is 0 Å². The molecule has 6 heteroatoms. The van der Waals surface area contributed by atoms with Crippen LogP contribution < -0.4 is 10.5 Å². The number of rotatable bonds is 7. The summed E-state index contributed by atoms with van der Waals surface area (Å²) in [6, 6.07) is 5.62. The minimum atomic E-state index is -0.114. The zero-order valence-corrected chi connectivity index (χ0v) is 12.2. The molecule has 19 heavy (non-hydrogen) atoms. The van der Waals surface area contributed by atoms with E-state index in [2.05, 4.69) is 5.16 Å². The summed E-state index contributed by atoms with van der Waals surface area (Å²) < 4.78 is 10.8. The van der Waals surface area contributed by atoms with Crippen LogP contribution in [0.5, 0.6) is 5.75 Å². The van der Waals surface area contributed by atoms with Gasteiger partial charge < -0.3 is 20.4 Å². The average Bonchev–Trinajstić information content (AvgIpc) is 2.39. The molecule has 0 amide bonds. The molecule has 1 atom stereocenters. The molecule has 5 nitrogen and oxygen atoms in total. The summed E-state index contributed by atoms with van der Waals surface area (Å²) in [4.78, 5) is 0.930. The van der Waals surface area contributed by atoms with Crippen LogP contribution in [-0.4, -0.2) is 36.6 Å². The Labute approximate surface area is 117 Å². The fourth-order valence-corrected chi connectivity index (χ4v) is 2.51. The highest BCUT2D eigenvalue weighted by Gasteiger charge is 2.16. The Bertz CT molecular complexity index is 438. The highest BCUT2D eigenvalue weighted by atomic mass is 32.2. The third-order valence-corrected chi connectivity index (χ3v) is 3.32. The molecule has 0 aliphatic heterocycles. The molecule has 106 valence electrons. The summed E-state index contributed by atoms with van der Waals surface area (Å²) in [5.41, 5.74) is 6.38. The largest absolute Gasteiger partial charge is 0.488 e. The van der Waals surface area contributed by atoms with Gasteiger partial charge in [0, 0.05) is 12.0 Å². The van der Waals surface area contributed by atoms with Crippen molar-refractivity contribution in [2.75, 3.05) is 19.5 Å². The molecule has 0 aliphatic rings. The first-order chi connectivity index (χ1) is 9.13. The number of ether oxygens (including phenoxy) is 2. The van der Waals surface area contributed by atoms with Crippen molar-refractivity contribution in [1.82, 2.24) is 0 Å². The molecule has 1 aromatic rings. The number of amidine groups is 1. The Morgan fingerprint density at radius 3 is 2.84 bits per heavy atom. The van der Waals surface area contributed by atoms with Gasteiger partial charge in [-0.25, -0.2) is 0 Å². The third kappa shape index (κ3) is 4.33. The van der Waals surface area contributed by atoms with E-state index < -0.39 is 0 Å². The zero-order chi connectivity index (χ0) is 14.3. The van der Waals surface area contributed by atoms with Crippen LogP contribution in [0, 0.1) is 0 Å². The molecule has 0 radical (unpaired) electrons. The van der Waals surface area contributed by atoms with E-state index in [1.54, 1.807) is 24.9 Å². The predicted molar refractivity (Wildman–Crippen MR) is 77.3 cm³/mol. The summed E-state index contributed by atoms with van der Waals surface area (Å²) in [6.07, 6.45) is -0.114. The van der Waals surface area contributed by atoms with Gasteiger partial charge in [0.25, 0.3) is 0 Å². The number of methoxy groups -OCH3 is 1. The molecule has 0 aromatic heterocycles. The van der Waals surface area contributed by atoms with Gasteiger partial charge >= 0.3 is 0 Å². The molecule has 1 aromatic carbocycles. The molecule has 0 aliphatic carbocycles. The highest BCUT2D eigenvalue weighted by Crippen LogP contribution is 2.30. The summed E-state index contributed by atoms with van der Waals surface area (Å²) in [7, 11) is 1.62. The molecule has 0 spiro atoms. The first-order valence-electron chi connectivity index (χ1n) is 6.03. The van der Waals surface area contributed by atoms with Gasteiger partial charge in [0.05, 0.1) is 12.2 Å². The van der Waals surface area contributed by atoms with Crippen molar-refractivity contribution in [3.05, 3.63) is 23.8 Å². The number of hydrogen-bond acceptors (Lipinski definition) is 5. The van der Waals surface area contributed by atoms with Crippen LogP contribution in [-0.2, 0) is 4.74 Å². The number of hydrogen-bond donors (Lipinski definition) is 2. The van der Waals surface area contributed by atoms with Gasteiger partial charge in [0.1, 0.15) is 11.9 Å². The van der Waals surface area contributed by atoms with Gasteiger partial charge in [0.2, 0.25) is 0 Å². The molecular weight excluding hydrogens is 264 g/mol. The van der Waals surface area contributed by atoms with Gasteiger partial charge in [-0.1, -0.05) is 18.1 Å². The Hall–Kier alpha value is -1.40. The molecule has 0 fully saturated rings. The second kappa shape index (κ2) is 7.91. The quantitative estimate of drug-likeness (QED) is 0.264. The fraction of sp³-hybridized carbons (Fsp3) is 0.462. The Morgan fingerprint density at radius 2 is 2.26 bits per heavy atom. The van der Waals surface area contributed by atoms with E-state index >= 15 is 0 Å². The van der Waals surface area contributed by atoms with Gasteiger partial charge in [-0.05, 0) is 24.8 Å². The van der Waals surface area contributed by atoms with E-state index in [1.165, 1.54) is 0 Å². The normalized spacial score (nSPS) is 13.3. The van der Waals surface area contributed by atoms with Crippen LogP contribution in [0.1, 0.15) is 19.4 Å². The van der Waals surface area contributed by atoms with Gasteiger partial charge in [-0.2, -0.15) is 0 Å². The molecule has 1 rings (SSSR count). The SMILES string of the molecule is CCSc1cccc(OC(C)COC)c1/C(N)=N/O. The van der Waals surface area contributed by atoms with E-state index in [9.17, 15) is 0 Å². The highest BCUT2D eigenvalue weighted by molar-refractivity contribution is 7.99. The molecule has 0 heterocycles. The Kier molecular flexibility index (Phi) is 6.52. The lowest BCUT2D eigenvalue weighted by Gasteiger charge is -2.18. The first kappa shape index (κ1) is 15.7. The van der Waals surface area contributed by atoms with E-state index in [4.69, 9.17) is 20.4 Å². The number of oxime groups is 1. The Balaban J connectivity index is 3.11. The fourth-order valence-electron chi connectivity index (χ4n) is 1.67. The number of benzene rings is 1. The second-order valence-electron chi connectivity index (χ2n) is 3.93. The van der Waals surface area contributed by atoms with Crippen molar-refractivity contribution < 1.29 is 14.7 Å². The third-order valence-electron chi connectivity index (χ3n) is 2.38. The van der Waals surface area contributed by atoms with E-state index in [0.29, 0.717) is 17.9 Å². The molecular formula is C13H20N2O3S. The van der Waals surface area contributed by atoms with Crippen LogP contribution in [0.25, 0.3) is 0 Å². The Morgan fingerprint density at radius 1 is 1.53 bits per heavy atom. The molecule has 1 unspecified atom stereocenters. The topological polar surface area (TPSA) is 77.1 Å². The molecule has 3 N–H and O–H groups in total. The van der Waals surface area contributed by atoms with Crippen molar-refractivity contribution >= 4 is 17.6 Å². The second-order valence-corrected chi connectivity index (χ2v) is 5.24. The summed E-state index contributed by atoms with van der Waals surface area (Å²) in [6.45, 7) is 4.42. The van der Waals surface area contributed by atoms with Crippen molar-refractivity contribution in [1.29, 1.82) is 0 Å². The van der Waals surface area contributed by atoms with Crippen LogP contribution >= 0.6 is 11.8 Å². The monoisotopic (exact) mass is 284 g/mol. The maximum atomic E-state index is 8.92.